The fraction of sp³-hybridized carbons (Fsp3) is 0.571. The van der Waals surface area contributed by atoms with Crippen LogP contribution in [0.25, 0.3) is 0 Å². The van der Waals surface area contributed by atoms with Crippen LogP contribution < -0.4 is 10.6 Å². The quantitative estimate of drug-likeness (QED) is 0.810. The molecule has 1 saturated carbocycles. The number of carbonyl (C=O) groups excluding carboxylic acids is 2. The third-order valence-electron chi connectivity index (χ3n) is 3.35. The van der Waals surface area contributed by atoms with E-state index in [9.17, 15) is 9.59 Å². The van der Waals surface area contributed by atoms with Crippen LogP contribution in [0.15, 0.2) is 0 Å². The Morgan fingerprint density at radius 2 is 2.05 bits per heavy atom. The zero-order valence-corrected chi connectivity index (χ0v) is 13.3. The first-order chi connectivity index (χ1) is 9.99. The van der Waals surface area contributed by atoms with Gasteiger partial charge in [0, 0.05) is 13.6 Å². The molecule has 0 atom stereocenters. The molecule has 0 bridgehead atoms. The Labute approximate surface area is 127 Å². The number of ether oxygens (including phenoxy) is 2. The van der Waals surface area contributed by atoms with Gasteiger partial charge in [0.2, 0.25) is 0 Å². The van der Waals surface area contributed by atoms with E-state index in [1.165, 1.54) is 31.3 Å². The normalized spacial score (nSPS) is 13.9. The minimum absolute atomic E-state index is 0.142. The molecule has 0 spiro atoms. The number of hydrogen-bond acceptors (Lipinski definition) is 7. The van der Waals surface area contributed by atoms with Crippen LogP contribution in [0, 0.1) is 5.92 Å². The van der Waals surface area contributed by atoms with E-state index in [4.69, 9.17) is 15.2 Å². The largest absolute Gasteiger partial charge is 0.465 e. The van der Waals surface area contributed by atoms with Gasteiger partial charge in [-0.15, -0.1) is 11.3 Å². The van der Waals surface area contributed by atoms with Crippen molar-refractivity contribution < 1.29 is 19.1 Å². The summed E-state index contributed by atoms with van der Waals surface area (Å²) in [5.74, 6) is -0.386. The van der Waals surface area contributed by atoms with E-state index >= 15 is 0 Å². The van der Waals surface area contributed by atoms with Crippen molar-refractivity contribution in [3.05, 3.63) is 10.4 Å². The number of nitrogen functional groups attached to an aromatic ring is 1. The summed E-state index contributed by atoms with van der Waals surface area (Å²) in [7, 11) is 3.19. The lowest BCUT2D eigenvalue weighted by Crippen LogP contribution is -2.21. The first kappa shape index (κ1) is 15.6. The third-order valence-corrected chi connectivity index (χ3v) is 4.65. The zero-order valence-electron chi connectivity index (χ0n) is 12.5. The number of carbonyl (C=O) groups is 2. The molecule has 1 heterocycles. The molecule has 0 unspecified atom stereocenters. The number of nitrogens with zero attached hydrogens (tertiary/aromatic N) is 1. The molecule has 116 valence electrons. The Balaban J connectivity index is 2.38. The van der Waals surface area contributed by atoms with E-state index < -0.39 is 11.9 Å². The Morgan fingerprint density at radius 1 is 1.38 bits per heavy atom. The lowest BCUT2D eigenvalue weighted by atomic mass is 10.2. The highest BCUT2D eigenvalue weighted by molar-refractivity contribution is 7.19. The van der Waals surface area contributed by atoms with Crippen LogP contribution >= 0.6 is 11.3 Å². The summed E-state index contributed by atoms with van der Waals surface area (Å²) in [6, 6.07) is 0. The monoisotopic (exact) mass is 312 g/mol. The average molecular weight is 312 g/mol. The molecule has 1 fully saturated rings. The highest BCUT2D eigenvalue weighted by Gasteiger charge is 2.31. The molecule has 1 aromatic heterocycles. The molecule has 6 nitrogen and oxygen atoms in total. The molecule has 1 aliphatic carbocycles. The summed E-state index contributed by atoms with van der Waals surface area (Å²) in [6.07, 6.45) is 2.40. The minimum Gasteiger partial charge on any atom is -0.465 e. The van der Waals surface area contributed by atoms with Gasteiger partial charge >= 0.3 is 11.9 Å². The molecular formula is C14H20N2O4S. The van der Waals surface area contributed by atoms with Gasteiger partial charge in [0.25, 0.3) is 0 Å². The van der Waals surface area contributed by atoms with Crippen molar-refractivity contribution in [2.75, 3.05) is 37.9 Å². The van der Waals surface area contributed by atoms with Gasteiger partial charge in [0.05, 0.1) is 19.4 Å². The van der Waals surface area contributed by atoms with Gasteiger partial charge < -0.3 is 20.1 Å². The van der Waals surface area contributed by atoms with Gasteiger partial charge in [-0.05, 0) is 25.7 Å². The van der Waals surface area contributed by atoms with Crippen LogP contribution in [0.3, 0.4) is 0 Å². The van der Waals surface area contributed by atoms with Crippen molar-refractivity contribution in [1.29, 1.82) is 0 Å². The van der Waals surface area contributed by atoms with Crippen LogP contribution in [0.2, 0.25) is 0 Å². The molecule has 0 aliphatic heterocycles. The van der Waals surface area contributed by atoms with E-state index in [0.717, 1.165) is 6.54 Å². The van der Waals surface area contributed by atoms with Crippen molar-refractivity contribution in [3.8, 4) is 0 Å². The van der Waals surface area contributed by atoms with Crippen molar-refractivity contribution in [3.63, 3.8) is 0 Å². The summed E-state index contributed by atoms with van der Waals surface area (Å²) >= 11 is 1.18. The highest BCUT2D eigenvalue weighted by atomic mass is 32.1. The second-order valence-corrected chi connectivity index (χ2v) is 6.06. The van der Waals surface area contributed by atoms with E-state index in [1.807, 2.05) is 11.9 Å². The molecule has 0 radical (unpaired) electrons. The van der Waals surface area contributed by atoms with Crippen molar-refractivity contribution in [2.45, 2.75) is 19.8 Å². The maximum absolute atomic E-state index is 12.0. The van der Waals surface area contributed by atoms with E-state index in [0.29, 0.717) is 10.9 Å². The maximum atomic E-state index is 12.0. The minimum atomic E-state index is -0.531. The van der Waals surface area contributed by atoms with E-state index in [-0.39, 0.29) is 22.7 Å². The number of nitrogens with two attached hydrogens (primary N) is 1. The van der Waals surface area contributed by atoms with E-state index in [1.54, 1.807) is 6.92 Å². The Morgan fingerprint density at radius 3 is 2.57 bits per heavy atom. The average Bonchev–Trinajstić information content (AvgIpc) is 3.19. The molecule has 7 heteroatoms. The number of thiophene rings is 1. The fourth-order valence-electron chi connectivity index (χ4n) is 2.12. The molecule has 2 N–H and O–H groups in total. The van der Waals surface area contributed by atoms with Crippen LogP contribution in [0.4, 0.5) is 10.7 Å². The first-order valence-corrected chi connectivity index (χ1v) is 7.70. The second-order valence-electron chi connectivity index (χ2n) is 5.06. The number of rotatable bonds is 6. The Bertz CT molecular complexity index is 551. The molecule has 1 aromatic rings. The van der Waals surface area contributed by atoms with Gasteiger partial charge in [0.15, 0.2) is 0 Å². The molecule has 0 saturated heterocycles. The second kappa shape index (κ2) is 6.34. The highest BCUT2D eigenvalue weighted by Crippen LogP contribution is 2.40. The SMILES string of the molecule is CCOC(=O)c1sc(N(C)CC2CC2)c(C(=O)OC)c1N. The Kier molecular flexibility index (Phi) is 4.72. The standard InChI is InChI=1S/C14H20N2O4S/c1-4-20-14(18)11-10(15)9(13(17)19-3)12(21-11)16(2)7-8-5-6-8/h8H,4-7,15H2,1-3H3. The number of methoxy groups -OCH3 is 1. The van der Waals surface area contributed by atoms with E-state index in [2.05, 4.69) is 0 Å². The Hall–Kier alpha value is -1.76. The van der Waals surface area contributed by atoms with Gasteiger partial charge in [-0.2, -0.15) is 0 Å². The van der Waals surface area contributed by atoms with Crippen LogP contribution in [-0.2, 0) is 9.47 Å². The topological polar surface area (TPSA) is 81.9 Å². The summed E-state index contributed by atoms with van der Waals surface area (Å²) in [6.45, 7) is 2.83. The fourth-order valence-corrected chi connectivity index (χ4v) is 3.19. The molecular weight excluding hydrogens is 292 g/mol. The van der Waals surface area contributed by atoms with Crippen molar-refractivity contribution >= 4 is 34.0 Å². The van der Waals surface area contributed by atoms with Gasteiger partial charge in [-0.25, -0.2) is 9.59 Å². The third kappa shape index (κ3) is 3.29. The molecule has 2 rings (SSSR count). The smallest absolute Gasteiger partial charge is 0.350 e. The predicted octanol–water partition coefficient (Wildman–Crippen LogP) is 2.14. The van der Waals surface area contributed by atoms with Gasteiger partial charge in [0.1, 0.15) is 15.4 Å². The van der Waals surface area contributed by atoms with Gasteiger partial charge in [-0.3, -0.25) is 0 Å². The van der Waals surface area contributed by atoms with Gasteiger partial charge in [-0.1, -0.05) is 0 Å². The molecule has 21 heavy (non-hydrogen) atoms. The summed E-state index contributed by atoms with van der Waals surface area (Å²) in [5.41, 5.74) is 6.38. The number of hydrogen-bond donors (Lipinski definition) is 1. The summed E-state index contributed by atoms with van der Waals surface area (Å²) in [5, 5.41) is 0.661. The predicted molar refractivity (Wildman–Crippen MR) is 82.0 cm³/mol. The maximum Gasteiger partial charge on any atom is 0.350 e. The summed E-state index contributed by atoms with van der Waals surface area (Å²) in [4.78, 5) is 26.1. The van der Waals surface area contributed by atoms with Crippen molar-refractivity contribution in [1.82, 2.24) is 0 Å². The lowest BCUT2D eigenvalue weighted by molar-refractivity contribution is 0.0533. The molecule has 0 aromatic carbocycles. The number of anilines is 2. The summed E-state index contributed by atoms with van der Waals surface area (Å²) < 4.78 is 9.78. The number of esters is 2. The molecule has 1 aliphatic rings. The lowest BCUT2D eigenvalue weighted by Gasteiger charge is -2.18. The van der Waals surface area contributed by atoms with Crippen LogP contribution in [0.5, 0.6) is 0 Å². The van der Waals surface area contributed by atoms with Crippen LogP contribution in [-0.4, -0.2) is 39.2 Å². The zero-order chi connectivity index (χ0) is 15.6. The molecule has 0 amide bonds. The first-order valence-electron chi connectivity index (χ1n) is 6.88. The van der Waals surface area contributed by atoms with Crippen molar-refractivity contribution in [2.24, 2.45) is 5.92 Å². The van der Waals surface area contributed by atoms with Crippen LogP contribution in [0.1, 0.15) is 39.8 Å².